The van der Waals surface area contributed by atoms with Crippen molar-refractivity contribution < 1.29 is 0 Å². The number of halogens is 2. The molecule has 0 amide bonds. The van der Waals surface area contributed by atoms with Crippen LogP contribution in [0.5, 0.6) is 0 Å². The lowest BCUT2D eigenvalue weighted by Gasteiger charge is -2.09. The fraction of sp³-hybridized carbons (Fsp3) is 0. The van der Waals surface area contributed by atoms with Gasteiger partial charge >= 0.3 is 0 Å². The molecule has 2 aromatic heterocycles. The average molecular weight is 393 g/mol. The summed E-state index contributed by atoms with van der Waals surface area (Å²) in [6, 6.07) is 7.55. The number of hydrogen-bond donors (Lipinski definition) is 1. The SMILES string of the molecule is N#Cc1ccc(Br)cc1Nc1nc(Br)cn2ccnc12. The van der Waals surface area contributed by atoms with E-state index in [1.165, 1.54) is 0 Å². The van der Waals surface area contributed by atoms with Crippen LogP contribution in [-0.2, 0) is 0 Å². The number of aromatic nitrogens is 3. The Balaban J connectivity index is 2.12. The van der Waals surface area contributed by atoms with Crippen molar-refractivity contribution in [3.05, 3.63) is 51.4 Å². The highest BCUT2D eigenvalue weighted by atomic mass is 79.9. The number of anilines is 2. The van der Waals surface area contributed by atoms with Crippen LogP contribution < -0.4 is 5.32 Å². The third-order valence-corrected chi connectivity index (χ3v) is 3.58. The van der Waals surface area contributed by atoms with E-state index in [0.717, 1.165) is 4.47 Å². The molecule has 0 radical (unpaired) electrons. The molecule has 0 bridgehead atoms. The van der Waals surface area contributed by atoms with Crippen molar-refractivity contribution in [1.29, 1.82) is 5.26 Å². The zero-order chi connectivity index (χ0) is 14.1. The Kier molecular flexibility index (Phi) is 3.42. The van der Waals surface area contributed by atoms with Crippen LogP contribution in [0.2, 0.25) is 0 Å². The van der Waals surface area contributed by atoms with Crippen molar-refractivity contribution >= 4 is 49.0 Å². The molecule has 0 saturated heterocycles. The fourth-order valence-corrected chi connectivity index (χ4v) is 2.59. The first-order valence-corrected chi connectivity index (χ1v) is 7.22. The number of hydrogen-bond acceptors (Lipinski definition) is 4. The molecule has 0 fully saturated rings. The molecule has 3 aromatic rings. The number of imidazole rings is 1. The predicted molar refractivity (Wildman–Crippen MR) is 82.8 cm³/mol. The van der Waals surface area contributed by atoms with Gasteiger partial charge in [0.25, 0.3) is 0 Å². The van der Waals surface area contributed by atoms with Crippen molar-refractivity contribution in [2.75, 3.05) is 5.32 Å². The van der Waals surface area contributed by atoms with Gasteiger partial charge in [0.1, 0.15) is 10.7 Å². The fourth-order valence-electron chi connectivity index (χ4n) is 1.83. The molecule has 1 N–H and O–H groups in total. The van der Waals surface area contributed by atoms with Gasteiger partial charge in [-0.1, -0.05) is 15.9 Å². The maximum absolute atomic E-state index is 9.16. The molecule has 2 heterocycles. The van der Waals surface area contributed by atoms with E-state index in [4.69, 9.17) is 5.26 Å². The van der Waals surface area contributed by atoms with Gasteiger partial charge in [-0.25, -0.2) is 9.97 Å². The minimum atomic E-state index is 0.541. The van der Waals surface area contributed by atoms with E-state index in [2.05, 4.69) is 53.2 Å². The second kappa shape index (κ2) is 5.23. The Labute approximate surface area is 131 Å². The Morgan fingerprint density at radius 1 is 1.30 bits per heavy atom. The maximum Gasteiger partial charge on any atom is 0.180 e. The minimum absolute atomic E-state index is 0.541. The van der Waals surface area contributed by atoms with Gasteiger partial charge in [-0.15, -0.1) is 0 Å². The molecule has 7 heteroatoms. The maximum atomic E-state index is 9.16. The van der Waals surface area contributed by atoms with Crippen LogP contribution in [0.1, 0.15) is 5.56 Å². The molecule has 0 atom stereocenters. The average Bonchev–Trinajstić information content (AvgIpc) is 2.87. The summed E-state index contributed by atoms with van der Waals surface area (Å²) in [4.78, 5) is 8.63. The molecular formula is C13H7Br2N5. The number of rotatable bonds is 2. The largest absolute Gasteiger partial charge is 0.336 e. The minimum Gasteiger partial charge on any atom is -0.336 e. The van der Waals surface area contributed by atoms with Gasteiger partial charge in [0.15, 0.2) is 11.5 Å². The second-order valence-electron chi connectivity index (χ2n) is 4.00. The van der Waals surface area contributed by atoms with Crippen LogP contribution >= 0.6 is 31.9 Å². The number of nitrogens with zero attached hydrogens (tertiary/aromatic N) is 4. The summed E-state index contributed by atoms with van der Waals surface area (Å²) in [5.74, 6) is 0.582. The predicted octanol–water partition coefficient (Wildman–Crippen LogP) is 3.87. The molecule has 0 saturated carbocycles. The van der Waals surface area contributed by atoms with E-state index in [-0.39, 0.29) is 0 Å². The molecule has 0 aliphatic carbocycles. The van der Waals surface area contributed by atoms with Gasteiger partial charge in [-0.2, -0.15) is 5.26 Å². The van der Waals surface area contributed by atoms with E-state index in [0.29, 0.717) is 27.3 Å². The van der Waals surface area contributed by atoms with E-state index in [1.807, 2.05) is 28.9 Å². The van der Waals surface area contributed by atoms with Crippen LogP contribution in [0.3, 0.4) is 0 Å². The molecule has 20 heavy (non-hydrogen) atoms. The van der Waals surface area contributed by atoms with Crippen molar-refractivity contribution in [1.82, 2.24) is 14.4 Å². The van der Waals surface area contributed by atoms with Gasteiger partial charge in [-0.3, -0.25) is 0 Å². The number of nitriles is 1. The number of fused-ring (bicyclic) bond motifs is 1. The van der Waals surface area contributed by atoms with Crippen LogP contribution in [0.25, 0.3) is 5.65 Å². The van der Waals surface area contributed by atoms with Gasteiger partial charge in [-0.05, 0) is 34.1 Å². The summed E-state index contributed by atoms with van der Waals surface area (Å²) in [6.07, 6.45) is 5.35. The monoisotopic (exact) mass is 391 g/mol. The van der Waals surface area contributed by atoms with E-state index in [9.17, 15) is 0 Å². The van der Waals surface area contributed by atoms with Crippen molar-refractivity contribution in [2.24, 2.45) is 0 Å². The lowest BCUT2D eigenvalue weighted by Crippen LogP contribution is -2.00. The molecule has 0 spiro atoms. The topological polar surface area (TPSA) is 66.0 Å². The standard InChI is InChI=1S/C13H7Br2N5/c14-9-2-1-8(6-16)10(5-9)18-12-13-17-3-4-20(13)7-11(15)19-12/h1-5,7H,(H,18,19). The van der Waals surface area contributed by atoms with Crippen molar-refractivity contribution in [3.8, 4) is 6.07 Å². The number of benzene rings is 1. The first kappa shape index (κ1) is 13.1. The molecule has 98 valence electrons. The highest BCUT2D eigenvalue weighted by Gasteiger charge is 2.09. The summed E-state index contributed by atoms with van der Waals surface area (Å²) in [5, 5.41) is 12.3. The quantitative estimate of drug-likeness (QED) is 0.718. The van der Waals surface area contributed by atoms with Crippen LogP contribution in [-0.4, -0.2) is 14.4 Å². The first-order chi connectivity index (χ1) is 9.67. The Morgan fingerprint density at radius 2 is 2.15 bits per heavy atom. The second-order valence-corrected chi connectivity index (χ2v) is 5.73. The Hall–Kier alpha value is -1.91. The Bertz CT molecular complexity index is 834. The lowest BCUT2D eigenvalue weighted by atomic mass is 10.2. The lowest BCUT2D eigenvalue weighted by molar-refractivity contribution is 1.10. The highest BCUT2D eigenvalue weighted by Crippen LogP contribution is 2.26. The van der Waals surface area contributed by atoms with Gasteiger partial charge in [0.05, 0.1) is 11.3 Å². The van der Waals surface area contributed by atoms with E-state index >= 15 is 0 Å². The molecular weight excluding hydrogens is 386 g/mol. The van der Waals surface area contributed by atoms with Crippen LogP contribution in [0.15, 0.2) is 45.9 Å². The van der Waals surface area contributed by atoms with Gasteiger partial charge in [0.2, 0.25) is 0 Å². The van der Waals surface area contributed by atoms with Crippen LogP contribution in [0, 0.1) is 11.3 Å². The number of nitrogens with one attached hydrogen (secondary N) is 1. The Morgan fingerprint density at radius 3 is 2.95 bits per heavy atom. The zero-order valence-electron chi connectivity index (χ0n) is 10.0. The zero-order valence-corrected chi connectivity index (χ0v) is 13.2. The molecule has 0 aliphatic rings. The summed E-state index contributed by atoms with van der Waals surface area (Å²) in [5.41, 5.74) is 1.91. The van der Waals surface area contributed by atoms with E-state index in [1.54, 1.807) is 12.3 Å². The molecule has 0 unspecified atom stereocenters. The summed E-state index contributed by atoms with van der Waals surface area (Å²) in [7, 11) is 0. The molecule has 3 rings (SSSR count). The van der Waals surface area contributed by atoms with E-state index < -0.39 is 0 Å². The normalized spacial score (nSPS) is 10.4. The summed E-state index contributed by atoms with van der Waals surface area (Å²) < 4.78 is 3.41. The highest BCUT2D eigenvalue weighted by molar-refractivity contribution is 9.10. The third-order valence-electron chi connectivity index (χ3n) is 2.70. The molecule has 5 nitrogen and oxygen atoms in total. The molecule has 0 aliphatic heterocycles. The third kappa shape index (κ3) is 2.40. The summed E-state index contributed by atoms with van der Waals surface area (Å²) in [6.45, 7) is 0. The van der Waals surface area contributed by atoms with Crippen LogP contribution in [0.4, 0.5) is 11.5 Å². The van der Waals surface area contributed by atoms with Gasteiger partial charge < -0.3 is 9.72 Å². The van der Waals surface area contributed by atoms with Crippen molar-refractivity contribution in [2.45, 2.75) is 0 Å². The first-order valence-electron chi connectivity index (χ1n) is 5.63. The smallest absolute Gasteiger partial charge is 0.180 e. The van der Waals surface area contributed by atoms with Crippen molar-refractivity contribution in [3.63, 3.8) is 0 Å². The van der Waals surface area contributed by atoms with Gasteiger partial charge in [0, 0.05) is 23.1 Å². The summed E-state index contributed by atoms with van der Waals surface area (Å²) >= 11 is 6.75. The molecule has 1 aromatic carbocycles.